The summed E-state index contributed by atoms with van der Waals surface area (Å²) in [5.74, 6) is 0.481. The van der Waals surface area contributed by atoms with E-state index in [1.807, 2.05) is 4.90 Å². The van der Waals surface area contributed by atoms with Crippen molar-refractivity contribution >= 4 is 17.6 Å². The fourth-order valence-electron chi connectivity index (χ4n) is 2.44. The minimum absolute atomic E-state index is 0.0437. The van der Waals surface area contributed by atoms with E-state index in [1.54, 1.807) is 0 Å². The number of piperazine rings is 1. The van der Waals surface area contributed by atoms with Crippen LogP contribution < -0.4 is 5.32 Å². The first-order valence-electron chi connectivity index (χ1n) is 5.64. The Balaban J connectivity index is 1.81. The summed E-state index contributed by atoms with van der Waals surface area (Å²) in [6.45, 7) is 4.53. The molecule has 2 aliphatic heterocycles. The lowest BCUT2D eigenvalue weighted by atomic mass is 10.2. The highest BCUT2D eigenvalue weighted by atomic mass is 35.5. The summed E-state index contributed by atoms with van der Waals surface area (Å²) in [5.41, 5.74) is 0. The van der Waals surface area contributed by atoms with Crippen molar-refractivity contribution in [3.63, 3.8) is 0 Å². The first kappa shape index (κ1) is 11.0. The SMILES string of the molecule is O=C(NCCCl)N1CCN2CCC[C@H]2C1. The lowest BCUT2D eigenvalue weighted by Gasteiger charge is -2.37. The molecule has 0 aromatic carbocycles. The Morgan fingerprint density at radius 1 is 1.40 bits per heavy atom. The van der Waals surface area contributed by atoms with Gasteiger partial charge in [0.1, 0.15) is 0 Å². The molecule has 86 valence electrons. The molecule has 1 atom stereocenters. The Labute approximate surface area is 95.5 Å². The van der Waals surface area contributed by atoms with E-state index in [0.29, 0.717) is 18.5 Å². The Bertz CT molecular complexity index is 237. The number of urea groups is 1. The maximum Gasteiger partial charge on any atom is 0.317 e. The number of nitrogens with one attached hydrogen (secondary N) is 1. The molecule has 2 amide bonds. The van der Waals surface area contributed by atoms with E-state index in [1.165, 1.54) is 19.4 Å². The van der Waals surface area contributed by atoms with Crippen LogP contribution in [0.4, 0.5) is 4.79 Å². The van der Waals surface area contributed by atoms with E-state index in [4.69, 9.17) is 11.6 Å². The van der Waals surface area contributed by atoms with Gasteiger partial charge in [-0.1, -0.05) is 0 Å². The summed E-state index contributed by atoms with van der Waals surface area (Å²) in [6, 6.07) is 0.641. The van der Waals surface area contributed by atoms with Gasteiger partial charge in [0, 0.05) is 38.1 Å². The average Bonchev–Trinajstić information content (AvgIpc) is 2.72. The first-order chi connectivity index (χ1) is 7.31. The molecule has 2 saturated heterocycles. The molecular formula is C10H18ClN3O. The van der Waals surface area contributed by atoms with Gasteiger partial charge in [-0.05, 0) is 19.4 Å². The normalized spacial score (nSPS) is 26.5. The van der Waals surface area contributed by atoms with Crippen molar-refractivity contribution in [2.45, 2.75) is 18.9 Å². The van der Waals surface area contributed by atoms with E-state index in [0.717, 1.165) is 19.6 Å². The summed E-state index contributed by atoms with van der Waals surface area (Å²) in [7, 11) is 0. The Hall–Kier alpha value is -0.480. The van der Waals surface area contributed by atoms with Crippen molar-refractivity contribution in [3.05, 3.63) is 0 Å². The summed E-state index contributed by atoms with van der Waals surface area (Å²) < 4.78 is 0. The third kappa shape index (κ3) is 2.55. The molecule has 2 fully saturated rings. The van der Waals surface area contributed by atoms with Crippen LogP contribution in [-0.4, -0.2) is 60.5 Å². The number of amides is 2. The van der Waals surface area contributed by atoms with Gasteiger partial charge in [-0.2, -0.15) is 0 Å². The van der Waals surface area contributed by atoms with Gasteiger partial charge in [0.05, 0.1) is 0 Å². The van der Waals surface area contributed by atoms with Crippen LogP contribution in [0.5, 0.6) is 0 Å². The third-order valence-electron chi connectivity index (χ3n) is 3.25. The molecule has 0 radical (unpaired) electrons. The monoisotopic (exact) mass is 231 g/mol. The summed E-state index contributed by atoms with van der Waals surface area (Å²) >= 11 is 5.53. The molecule has 2 aliphatic rings. The number of halogens is 1. The van der Waals surface area contributed by atoms with Gasteiger partial charge in [0.15, 0.2) is 0 Å². The number of rotatable bonds is 2. The predicted octanol–water partition coefficient (Wildman–Crippen LogP) is 0.715. The fourth-order valence-corrected chi connectivity index (χ4v) is 2.54. The zero-order valence-corrected chi connectivity index (χ0v) is 9.67. The van der Waals surface area contributed by atoms with Gasteiger partial charge in [-0.25, -0.2) is 4.79 Å². The molecule has 4 nitrogen and oxygen atoms in total. The van der Waals surface area contributed by atoms with Crippen LogP contribution in [0.2, 0.25) is 0 Å². The minimum Gasteiger partial charge on any atom is -0.337 e. The van der Waals surface area contributed by atoms with E-state index in [9.17, 15) is 4.79 Å². The standard InChI is InChI=1S/C10H18ClN3O/c11-3-4-12-10(15)14-7-6-13-5-1-2-9(13)8-14/h9H,1-8H2,(H,12,15)/t9-/m0/s1. The molecule has 2 heterocycles. The molecule has 0 aromatic rings. The first-order valence-corrected chi connectivity index (χ1v) is 6.17. The molecule has 0 unspecified atom stereocenters. The van der Waals surface area contributed by atoms with Crippen molar-refractivity contribution in [2.75, 3.05) is 38.6 Å². The van der Waals surface area contributed by atoms with Gasteiger partial charge in [0.2, 0.25) is 0 Å². The fraction of sp³-hybridized carbons (Fsp3) is 0.900. The van der Waals surface area contributed by atoms with Crippen LogP contribution in [0.1, 0.15) is 12.8 Å². The second kappa shape index (κ2) is 5.03. The number of hydrogen-bond acceptors (Lipinski definition) is 2. The molecule has 1 N–H and O–H groups in total. The van der Waals surface area contributed by atoms with Crippen molar-refractivity contribution in [1.82, 2.24) is 15.1 Å². The maximum absolute atomic E-state index is 11.7. The van der Waals surface area contributed by atoms with E-state index in [2.05, 4.69) is 10.2 Å². The summed E-state index contributed by atoms with van der Waals surface area (Å²) in [5, 5.41) is 2.82. The largest absolute Gasteiger partial charge is 0.337 e. The highest BCUT2D eigenvalue weighted by Gasteiger charge is 2.32. The van der Waals surface area contributed by atoms with Crippen molar-refractivity contribution in [2.24, 2.45) is 0 Å². The number of carbonyl (C=O) groups is 1. The number of hydrogen-bond donors (Lipinski definition) is 1. The van der Waals surface area contributed by atoms with Crippen LogP contribution in [0.3, 0.4) is 0 Å². The lowest BCUT2D eigenvalue weighted by Crippen LogP contribution is -2.54. The number of fused-ring (bicyclic) bond motifs is 1. The molecule has 2 rings (SSSR count). The Kier molecular flexibility index (Phi) is 3.70. The summed E-state index contributed by atoms with van der Waals surface area (Å²) in [6.07, 6.45) is 2.51. The zero-order chi connectivity index (χ0) is 10.7. The van der Waals surface area contributed by atoms with Crippen LogP contribution in [-0.2, 0) is 0 Å². The van der Waals surface area contributed by atoms with Gasteiger partial charge < -0.3 is 10.2 Å². The number of alkyl halides is 1. The quantitative estimate of drug-likeness (QED) is 0.711. The van der Waals surface area contributed by atoms with Gasteiger partial charge in [0.25, 0.3) is 0 Å². The van der Waals surface area contributed by atoms with E-state index in [-0.39, 0.29) is 6.03 Å². The van der Waals surface area contributed by atoms with E-state index < -0.39 is 0 Å². The van der Waals surface area contributed by atoms with Crippen molar-refractivity contribution in [1.29, 1.82) is 0 Å². The maximum atomic E-state index is 11.7. The molecule has 0 saturated carbocycles. The zero-order valence-electron chi connectivity index (χ0n) is 8.91. The molecule has 0 bridgehead atoms. The van der Waals surface area contributed by atoms with Crippen LogP contribution in [0.15, 0.2) is 0 Å². The van der Waals surface area contributed by atoms with Crippen LogP contribution in [0.25, 0.3) is 0 Å². The lowest BCUT2D eigenvalue weighted by molar-refractivity contribution is 0.118. The Morgan fingerprint density at radius 2 is 2.27 bits per heavy atom. The minimum atomic E-state index is 0.0437. The molecular weight excluding hydrogens is 214 g/mol. The van der Waals surface area contributed by atoms with Gasteiger partial charge in [-0.3, -0.25) is 4.90 Å². The molecule has 5 heteroatoms. The smallest absolute Gasteiger partial charge is 0.317 e. The van der Waals surface area contributed by atoms with Gasteiger partial charge >= 0.3 is 6.03 Å². The van der Waals surface area contributed by atoms with Crippen LogP contribution in [0, 0.1) is 0 Å². The summed E-state index contributed by atoms with van der Waals surface area (Å²) in [4.78, 5) is 16.1. The van der Waals surface area contributed by atoms with E-state index >= 15 is 0 Å². The Morgan fingerprint density at radius 3 is 3.07 bits per heavy atom. The molecule has 0 aliphatic carbocycles. The molecule has 0 spiro atoms. The topological polar surface area (TPSA) is 35.6 Å². The second-order valence-electron chi connectivity index (χ2n) is 4.20. The predicted molar refractivity (Wildman–Crippen MR) is 60.3 cm³/mol. The van der Waals surface area contributed by atoms with Crippen molar-refractivity contribution in [3.8, 4) is 0 Å². The number of carbonyl (C=O) groups excluding carboxylic acids is 1. The molecule has 15 heavy (non-hydrogen) atoms. The van der Waals surface area contributed by atoms with Gasteiger partial charge in [-0.15, -0.1) is 11.6 Å². The average molecular weight is 232 g/mol. The highest BCUT2D eigenvalue weighted by molar-refractivity contribution is 6.18. The highest BCUT2D eigenvalue weighted by Crippen LogP contribution is 2.21. The number of nitrogens with zero attached hydrogens (tertiary/aromatic N) is 2. The van der Waals surface area contributed by atoms with Crippen molar-refractivity contribution < 1.29 is 4.79 Å². The second-order valence-corrected chi connectivity index (χ2v) is 4.58. The molecule has 0 aromatic heterocycles. The van der Waals surface area contributed by atoms with Crippen LogP contribution >= 0.6 is 11.6 Å². The third-order valence-corrected chi connectivity index (χ3v) is 3.43.